The minimum Gasteiger partial charge on any atom is -0.495 e. The SMILES string of the molecule is COc1cc(C=NNc2ccc([N+](=O)[O-])cc2[N+](=O)[O-])ccc1N(CCCl)CCCl. The van der Waals surface area contributed by atoms with Crippen molar-refractivity contribution in [2.75, 3.05) is 42.3 Å². The second-order valence-electron chi connectivity index (χ2n) is 5.88. The van der Waals surface area contributed by atoms with E-state index in [0.717, 1.165) is 17.8 Å². The van der Waals surface area contributed by atoms with Crippen LogP contribution in [0.3, 0.4) is 0 Å². The molecular formula is C18H19Cl2N5O5. The Morgan fingerprint density at radius 3 is 2.37 bits per heavy atom. The van der Waals surface area contributed by atoms with Crippen LogP contribution in [0.2, 0.25) is 0 Å². The lowest BCUT2D eigenvalue weighted by Gasteiger charge is -2.25. The van der Waals surface area contributed by atoms with E-state index in [1.165, 1.54) is 19.4 Å². The van der Waals surface area contributed by atoms with Gasteiger partial charge in [0, 0.05) is 30.9 Å². The fourth-order valence-electron chi connectivity index (χ4n) is 2.65. The Balaban J connectivity index is 2.22. The third-order valence-electron chi connectivity index (χ3n) is 4.04. The molecule has 10 nitrogen and oxygen atoms in total. The first kappa shape index (κ1) is 23.2. The minimum absolute atomic E-state index is 0.0286. The van der Waals surface area contributed by atoms with E-state index in [1.54, 1.807) is 12.1 Å². The molecule has 1 N–H and O–H groups in total. The van der Waals surface area contributed by atoms with Gasteiger partial charge in [-0.1, -0.05) is 6.07 Å². The Morgan fingerprint density at radius 1 is 1.10 bits per heavy atom. The molecule has 0 bridgehead atoms. The Bertz CT molecular complexity index is 935. The van der Waals surface area contributed by atoms with Crippen LogP contribution in [0.4, 0.5) is 22.7 Å². The largest absolute Gasteiger partial charge is 0.495 e. The maximum absolute atomic E-state index is 11.2. The number of non-ortho nitro benzene ring substituents is 1. The van der Waals surface area contributed by atoms with E-state index in [4.69, 9.17) is 27.9 Å². The maximum Gasteiger partial charge on any atom is 0.301 e. The van der Waals surface area contributed by atoms with E-state index < -0.39 is 15.5 Å². The summed E-state index contributed by atoms with van der Waals surface area (Å²) in [6.45, 7) is 1.20. The number of ether oxygens (including phenoxy) is 1. The summed E-state index contributed by atoms with van der Waals surface area (Å²) in [5.41, 5.74) is 3.24. The fraction of sp³-hybridized carbons (Fsp3) is 0.278. The summed E-state index contributed by atoms with van der Waals surface area (Å²) in [6.07, 6.45) is 1.45. The van der Waals surface area contributed by atoms with E-state index in [2.05, 4.69) is 10.5 Å². The number of rotatable bonds is 11. The van der Waals surface area contributed by atoms with Crippen molar-refractivity contribution in [1.29, 1.82) is 0 Å². The molecule has 160 valence electrons. The highest BCUT2D eigenvalue weighted by molar-refractivity contribution is 6.18. The summed E-state index contributed by atoms with van der Waals surface area (Å²) in [5.74, 6) is 1.46. The molecule has 0 radical (unpaired) electrons. The van der Waals surface area contributed by atoms with Gasteiger partial charge in [-0.05, 0) is 23.8 Å². The van der Waals surface area contributed by atoms with Crippen molar-refractivity contribution >= 4 is 52.2 Å². The Morgan fingerprint density at radius 2 is 1.80 bits per heavy atom. The van der Waals surface area contributed by atoms with Crippen molar-refractivity contribution < 1.29 is 14.6 Å². The first-order chi connectivity index (χ1) is 14.4. The molecular weight excluding hydrogens is 437 g/mol. The minimum atomic E-state index is -0.717. The monoisotopic (exact) mass is 455 g/mol. The van der Waals surface area contributed by atoms with E-state index in [-0.39, 0.29) is 11.4 Å². The quantitative estimate of drug-likeness (QED) is 0.232. The molecule has 30 heavy (non-hydrogen) atoms. The first-order valence-electron chi connectivity index (χ1n) is 8.68. The molecule has 0 heterocycles. The number of anilines is 2. The van der Waals surface area contributed by atoms with Crippen LogP contribution in [-0.2, 0) is 0 Å². The summed E-state index contributed by atoms with van der Waals surface area (Å²) in [7, 11) is 1.54. The van der Waals surface area contributed by atoms with Gasteiger partial charge in [-0.2, -0.15) is 5.10 Å². The molecule has 2 aromatic carbocycles. The van der Waals surface area contributed by atoms with Gasteiger partial charge in [0.25, 0.3) is 5.69 Å². The molecule has 0 spiro atoms. The molecule has 0 aliphatic heterocycles. The second-order valence-corrected chi connectivity index (χ2v) is 6.64. The van der Waals surface area contributed by atoms with Gasteiger partial charge >= 0.3 is 5.69 Å². The van der Waals surface area contributed by atoms with Gasteiger partial charge in [0.05, 0.1) is 34.9 Å². The molecule has 0 amide bonds. The number of alkyl halides is 2. The molecule has 0 aliphatic rings. The second kappa shape index (κ2) is 11.2. The van der Waals surface area contributed by atoms with Gasteiger partial charge in [0.1, 0.15) is 11.4 Å². The van der Waals surface area contributed by atoms with Crippen LogP contribution in [0.25, 0.3) is 0 Å². The lowest BCUT2D eigenvalue weighted by atomic mass is 10.2. The number of hydrogen-bond donors (Lipinski definition) is 1. The Labute approximate surface area is 182 Å². The molecule has 2 aromatic rings. The zero-order valence-corrected chi connectivity index (χ0v) is 17.5. The molecule has 0 saturated heterocycles. The number of nitrogens with zero attached hydrogens (tertiary/aromatic N) is 4. The number of halogens is 2. The van der Waals surface area contributed by atoms with E-state index in [9.17, 15) is 20.2 Å². The molecule has 12 heteroatoms. The van der Waals surface area contributed by atoms with Crippen molar-refractivity contribution in [2.24, 2.45) is 5.10 Å². The number of methoxy groups -OCH3 is 1. The summed E-state index contributed by atoms with van der Waals surface area (Å²) >= 11 is 11.7. The van der Waals surface area contributed by atoms with E-state index >= 15 is 0 Å². The molecule has 0 aliphatic carbocycles. The summed E-state index contributed by atoms with van der Waals surface area (Å²) in [4.78, 5) is 22.6. The van der Waals surface area contributed by atoms with Crippen LogP contribution in [-0.4, -0.2) is 48.0 Å². The molecule has 0 saturated carbocycles. The fourth-order valence-corrected chi connectivity index (χ4v) is 3.06. The van der Waals surface area contributed by atoms with Crippen LogP contribution in [0.15, 0.2) is 41.5 Å². The van der Waals surface area contributed by atoms with Crippen LogP contribution in [0, 0.1) is 20.2 Å². The standard InChI is InChI=1S/C18H19Cl2N5O5/c1-30-18-10-13(2-5-16(18)23(8-6-19)9-7-20)12-21-22-15-4-3-14(24(26)27)11-17(15)25(28)29/h2-5,10-12,22H,6-9H2,1H3. The summed E-state index contributed by atoms with van der Waals surface area (Å²) in [5, 5.41) is 26.0. The number of hydrazone groups is 1. The third kappa shape index (κ3) is 5.94. The predicted octanol–water partition coefficient (Wildman–Crippen LogP) is 4.24. The number of hydrogen-bond acceptors (Lipinski definition) is 8. The van der Waals surface area contributed by atoms with Gasteiger partial charge in [-0.25, -0.2) is 0 Å². The molecule has 0 unspecified atom stereocenters. The zero-order valence-electron chi connectivity index (χ0n) is 16.0. The highest BCUT2D eigenvalue weighted by Crippen LogP contribution is 2.30. The smallest absolute Gasteiger partial charge is 0.301 e. The summed E-state index contributed by atoms with van der Waals surface area (Å²) in [6, 6.07) is 8.65. The van der Waals surface area contributed by atoms with Crippen LogP contribution >= 0.6 is 23.2 Å². The highest BCUT2D eigenvalue weighted by Gasteiger charge is 2.19. The number of nitro benzene ring substituents is 2. The maximum atomic E-state index is 11.2. The normalized spacial score (nSPS) is 10.8. The number of nitrogens with one attached hydrogen (secondary N) is 1. The van der Waals surface area contributed by atoms with E-state index in [0.29, 0.717) is 36.2 Å². The lowest BCUT2D eigenvalue weighted by molar-refractivity contribution is -0.393. The van der Waals surface area contributed by atoms with Crippen molar-refractivity contribution in [3.05, 3.63) is 62.2 Å². The van der Waals surface area contributed by atoms with Gasteiger partial charge in [0.2, 0.25) is 0 Å². The highest BCUT2D eigenvalue weighted by atomic mass is 35.5. The third-order valence-corrected chi connectivity index (χ3v) is 4.38. The molecule has 0 fully saturated rings. The Hall–Kier alpha value is -3.11. The Kier molecular flexibility index (Phi) is 8.63. The van der Waals surface area contributed by atoms with Crippen LogP contribution < -0.4 is 15.1 Å². The van der Waals surface area contributed by atoms with Crippen molar-refractivity contribution in [3.8, 4) is 5.75 Å². The average molecular weight is 456 g/mol. The summed E-state index contributed by atoms with van der Waals surface area (Å²) < 4.78 is 5.45. The topological polar surface area (TPSA) is 123 Å². The molecule has 0 aromatic heterocycles. The number of nitro groups is 2. The first-order valence-corrected chi connectivity index (χ1v) is 9.75. The lowest BCUT2D eigenvalue weighted by Crippen LogP contribution is -2.28. The molecule has 2 rings (SSSR count). The van der Waals surface area contributed by atoms with Crippen molar-refractivity contribution in [1.82, 2.24) is 0 Å². The van der Waals surface area contributed by atoms with Crippen LogP contribution in [0.1, 0.15) is 5.56 Å². The van der Waals surface area contributed by atoms with Gasteiger partial charge in [-0.3, -0.25) is 25.7 Å². The molecule has 0 atom stereocenters. The van der Waals surface area contributed by atoms with Crippen molar-refractivity contribution in [3.63, 3.8) is 0 Å². The van der Waals surface area contributed by atoms with Gasteiger partial charge in [-0.15, -0.1) is 23.2 Å². The van der Waals surface area contributed by atoms with Gasteiger partial charge < -0.3 is 9.64 Å². The van der Waals surface area contributed by atoms with Gasteiger partial charge in [0.15, 0.2) is 0 Å². The average Bonchev–Trinajstić information content (AvgIpc) is 2.73. The predicted molar refractivity (Wildman–Crippen MR) is 118 cm³/mol. The zero-order chi connectivity index (χ0) is 22.1. The van der Waals surface area contributed by atoms with Crippen molar-refractivity contribution in [2.45, 2.75) is 0 Å². The number of benzene rings is 2. The van der Waals surface area contributed by atoms with Crippen LogP contribution in [0.5, 0.6) is 5.75 Å². The van der Waals surface area contributed by atoms with E-state index in [1.807, 2.05) is 11.0 Å².